The fraction of sp³-hybridized carbons (Fsp3) is 0.765. The van der Waals surface area contributed by atoms with Crippen molar-refractivity contribution < 1.29 is 4.79 Å². The minimum atomic E-state index is 0.332. The number of amides is 1. The minimum Gasteiger partial charge on any atom is -0.341 e. The zero-order valence-electron chi connectivity index (χ0n) is 13.5. The van der Waals surface area contributed by atoms with E-state index in [0.717, 1.165) is 38.8 Å². The second kappa shape index (κ2) is 7.77. The van der Waals surface area contributed by atoms with Gasteiger partial charge in [-0.25, -0.2) is 0 Å². The number of likely N-dealkylation sites (tertiary alicyclic amines) is 2. The topological polar surface area (TPSA) is 41.4 Å². The Balaban J connectivity index is 1.37. The van der Waals surface area contributed by atoms with Gasteiger partial charge < -0.3 is 9.80 Å². The summed E-state index contributed by atoms with van der Waals surface area (Å²) in [6.45, 7) is 5.43. The van der Waals surface area contributed by atoms with Crippen LogP contribution in [0.3, 0.4) is 0 Å². The molecule has 5 heteroatoms. The van der Waals surface area contributed by atoms with Crippen LogP contribution in [0, 0.1) is 0 Å². The lowest BCUT2D eigenvalue weighted by molar-refractivity contribution is -0.133. The van der Waals surface area contributed by atoms with Crippen LogP contribution in [0.1, 0.15) is 51.0 Å². The minimum absolute atomic E-state index is 0.332. The molecule has 0 radical (unpaired) electrons. The highest BCUT2D eigenvalue weighted by Crippen LogP contribution is 2.21. The zero-order valence-corrected chi connectivity index (χ0v) is 13.5. The summed E-state index contributed by atoms with van der Waals surface area (Å²) in [5.41, 5.74) is 0. The van der Waals surface area contributed by atoms with Crippen molar-refractivity contribution >= 4 is 5.91 Å². The van der Waals surface area contributed by atoms with E-state index >= 15 is 0 Å². The van der Waals surface area contributed by atoms with E-state index in [-0.39, 0.29) is 0 Å². The molecule has 1 atom stereocenters. The molecule has 2 aliphatic heterocycles. The molecule has 0 aliphatic carbocycles. The predicted octanol–water partition coefficient (Wildman–Crippen LogP) is 2.31. The van der Waals surface area contributed by atoms with E-state index in [4.69, 9.17) is 0 Å². The Bertz CT molecular complexity index is 453. The molecule has 2 aliphatic rings. The van der Waals surface area contributed by atoms with Crippen molar-refractivity contribution in [3.8, 4) is 0 Å². The summed E-state index contributed by atoms with van der Waals surface area (Å²) in [7, 11) is 0. The Morgan fingerprint density at radius 1 is 1.14 bits per heavy atom. The van der Waals surface area contributed by atoms with Crippen LogP contribution in [0.15, 0.2) is 18.5 Å². The van der Waals surface area contributed by atoms with Crippen LogP contribution in [0.5, 0.6) is 0 Å². The average molecular weight is 304 g/mol. The molecule has 0 unspecified atom stereocenters. The standard InChI is InChI=1S/C17H28N4O/c22-17(8-1-2-10-19-11-3-4-12-19)20-13-5-7-16(15-20)21-14-6-9-18-21/h6,9,14,16H,1-5,7-8,10-13,15H2/t16-/m0/s1. The first kappa shape index (κ1) is 15.5. The fourth-order valence-corrected chi connectivity index (χ4v) is 3.67. The van der Waals surface area contributed by atoms with Gasteiger partial charge in [-0.2, -0.15) is 5.10 Å². The van der Waals surface area contributed by atoms with Crippen LogP contribution in [0.25, 0.3) is 0 Å². The molecule has 2 saturated heterocycles. The maximum atomic E-state index is 12.4. The first-order chi connectivity index (χ1) is 10.8. The third kappa shape index (κ3) is 4.09. The van der Waals surface area contributed by atoms with Crippen LogP contribution in [0.4, 0.5) is 0 Å². The molecule has 1 aromatic rings. The summed E-state index contributed by atoms with van der Waals surface area (Å²) in [5.74, 6) is 0.332. The van der Waals surface area contributed by atoms with Gasteiger partial charge in [-0.1, -0.05) is 0 Å². The van der Waals surface area contributed by atoms with Gasteiger partial charge >= 0.3 is 0 Å². The third-order valence-electron chi connectivity index (χ3n) is 4.96. The second-order valence-electron chi connectivity index (χ2n) is 6.63. The monoisotopic (exact) mass is 304 g/mol. The first-order valence-corrected chi connectivity index (χ1v) is 8.82. The molecule has 5 nitrogen and oxygen atoms in total. The Morgan fingerprint density at radius 2 is 2.00 bits per heavy atom. The summed E-state index contributed by atoms with van der Waals surface area (Å²) in [6, 6.07) is 2.32. The van der Waals surface area contributed by atoms with Gasteiger partial charge in [-0.15, -0.1) is 0 Å². The lowest BCUT2D eigenvalue weighted by Crippen LogP contribution is -2.40. The second-order valence-corrected chi connectivity index (χ2v) is 6.63. The summed E-state index contributed by atoms with van der Waals surface area (Å²) < 4.78 is 2.01. The zero-order chi connectivity index (χ0) is 15.2. The Morgan fingerprint density at radius 3 is 2.77 bits per heavy atom. The molecule has 3 rings (SSSR count). The number of unbranched alkanes of at least 4 members (excludes halogenated alkanes) is 1. The van der Waals surface area contributed by atoms with Crippen molar-refractivity contribution in [2.45, 2.75) is 51.0 Å². The Labute approximate surface area is 133 Å². The SMILES string of the molecule is O=C(CCCCN1CCCC1)N1CCC[C@H](n2cccn2)C1. The molecule has 1 aromatic heterocycles. The summed E-state index contributed by atoms with van der Waals surface area (Å²) in [5, 5.41) is 4.33. The molecular weight excluding hydrogens is 276 g/mol. The number of hydrogen-bond donors (Lipinski definition) is 0. The summed E-state index contributed by atoms with van der Waals surface area (Å²) >= 11 is 0. The summed E-state index contributed by atoms with van der Waals surface area (Å²) in [4.78, 5) is 17.0. The van der Waals surface area contributed by atoms with Gasteiger partial charge in [0.2, 0.25) is 5.91 Å². The molecule has 2 fully saturated rings. The average Bonchev–Trinajstić information content (AvgIpc) is 3.24. The van der Waals surface area contributed by atoms with E-state index in [2.05, 4.69) is 10.00 Å². The van der Waals surface area contributed by atoms with Gasteiger partial charge in [0.15, 0.2) is 0 Å². The lowest BCUT2D eigenvalue weighted by Gasteiger charge is -2.33. The smallest absolute Gasteiger partial charge is 0.222 e. The van der Waals surface area contributed by atoms with Gasteiger partial charge in [0, 0.05) is 31.9 Å². The van der Waals surface area contributed by atoms with E-state index in [1.165, 1.54) is 32.5 Å². The van der Waals surface area contributed by atoms with Gasteiger partial charge in [0.05, 0.1) is 6.04 Å². The first-order valence-electron chi connectivity index (χ1n) is 8.82. The molecule has 0 aromatic carbocycles. The lowest BCUT2D eigenvalue weighted by atomic mass is 10.1. The van der Waals surface area contributed by atoms with Crippen LogP contribution in [-0.2, 0) is 4.79 Å². The highest BCUT2D eigenvalue weighted by Gasteiger charge is 2.24. The highest BCUT2D eigenvalue weighted by molar-refractivity contribution is 5.76. The maximum Gasteiger partial charge on any atom is 0.222 e. The van der Waals surface area contributed by atoms with Crippen molar-refractivity contribution in [3.05, 3.63) is 18.5 Å². The van der Waals surface area contributed by atoms with E-state index < -0.39 is 0 Å². The van der Waals surface area contributed by atoms with Crippen LogP contribution in [0.2, 0.25) is 0 Å². The van der Waals surface area contributed by atoms with Crippen molar-refractivity contribution in [3.63, 3.8) is 0 Å². The van der Waals surface area contributed by atoms with Gasteiger partial charge in [-0.05, 0) is 64.2 Å². The largest absolute Gasteiger partial charge is 0.341 e. The van der Waals surface area contributed by atoms with Crippen LogP contribution < -0.4 is 0 Å². The van der Waals surface area contributed by atoms with Crippen LogP contribution in [-0.4, -0.2) is 58.2 Å². The number of nitrogens with zero attached hydrogens (tertiary/aromatic N) is 4. The van der Waals surface area contributed by atoms with Gasteiger partial charge in [0.1, 0.15) is 0 Å². The van der Waals surface area contributed by atoms with Crippen molar-refractivity contribution in [2.75, 3.05) is 32.7 Å². The maximum absolute atomic E-state index is 12.4. The molecule has 0 saturated carbocycles. The molecule has 1 amide bonds. The van der Waals surface area contributed by atoms with Gasteiger partial charge in [-0.3, -0.25) is 9.48 Å². The molecule has 0 N–H and O–H groups in total. The van der Waals surface area contributed by atoms with Crippen LogP contribution >= 0.6 is 0 Å². The molecular formula is C17H28N4O. The number of hydrogen-bond acceptors (Lipinski definition) is 3. The van der Waals surface area contributed by atoms with Crippen molar-refractivity contribution in [1.82, 2.24) is 19.6 Å². The fourth-order valence-electron chi connectivity index (χ4n) is 3.67. The van der Waals surface area contributed by atoms with E-state index in [0.29, 0.717) is 18.4 Å². The number of rotatable bonds is 6. The third-order valence-corrected chi connectivity index (χ3v) is 4.96. The quantitative estimate of drug-likeness (QED) is 0.757. The molecule has 0 spiro atoms. The van der Waals surface area contributed by atoms with E-state index in [1.54, 1.807) is 0 Å². The molecule has 3 heterocycles. The number of piperidine rings is 1. The van der Waals surface area contributed by atoms with Gasteiger partial charge in [0.25, 0.3) is 0 Å². The van der Waals surface area contributed by atoms with Crippen molar-refractivity contribution in [1.29, 1.82) is 0 Å². The predicted molar refractivity (Wildman–Crippen MR) is 86.6 cm³/mol. The van der Waals surface area contributed by atoms with E-state index in [9.17, 15) is 4.79 Å². The Kier molecular flexibility index (Phi) is 5.48. The highest BCUT2D eigenvalue weighted by atomic mass is 16.2. The van der Waals surface area contributed by atoms with Crippen molar-refractivity contribution in [2.24, 2.45) is 0 Å². The molecule has 0 bridgehead atoms. The molecule has 22 heavy (non-hydrogen) atoms. The number of carbonyl (C=O) groups is 1. The molecule has 122 valence electrons. The number of aromatic nitrogens is 2. The summed E-state index contributed by atoms with van der Waals surface area (Å²) in [6.07, 6.45) is 11.6. The normalized spacial score (nSPS) is 23.1. The Hall–Kier alpha value is -1.36. The van der Waals surface area contributed by atoms with E-state index in [1.807, 2.05) is 28.0 Å². The number of carbonyl (C=O) groups excluding carboxylic acids is 1.